The summed E-state index contributed by atoms with van der Waals surface area (Å²) >= 11 is 0. The molecule has 4 rings (SSSR count). The summed E-state index contributed by atoms with van der Waals surface area (Å²) in [6.07, 6.45) is 2.57. The number of aromatic nitrogens is 1. The first-order valence-electron chi connectivity index (χ1n) is 11.5. The predicted molar refractivity (Wildman–Crippen MR) is 127 cm³/mol. The molecule has 2 aromatic rings. The molecule has 0 N–H and O–H groups in total. The Bertz CT molecular complexity index is 959. The topological polar surface area (TPSA) is 66.7 Å². The van der Waals surface area contributed by atoms with Crippen LogP contribution < -0.4 is 9.80 Å². The first-order valence-corrected chi connectivity index (χ1v) is 11.5. The summed E-state index contributed by atoms with van der Waals surface area (Å²) in [4.78, 5) is 26.5. The SMILES string of the molecule is CC(C)N1CCN(c2ccc(C(=O)N3CCCN(c4ncccc4C#N)CC3)cc2)CC1. The van der Waals surface area contributed by atoms with Gasteiger partial charge in [-0.15, -0.1) is 0 Å². The molecule has 0 saturated carbocycles. The lowest BCUT2D eigenvalue weighted by atomic mass is 10.1. The molecular formula is C25H32N6O. The maximum absolute atomic E-state index is 13.1. The van der Waals surface area contributed by atoms with Crippen molar-refractivity contribution in [1.29, 1.82) is 5.26 Å². The van der Waals surface area contributed by atoms with Gasteiger partial charge in [-0.1, -0.05) is 0 Å². The molecule has 2 fully saturated rings. The predicted octanol–water partition coefficient (Wildman–Crippen LogP) is 2.84. The first-order chi connectivity index (χ1) is 15.6. The van der Waals surface area contributed by atoms with E-state index in [0.717, 1.165) is 44.7 Å². The number of hydrogen-bond acceptors (Lipinski definition) is 6. The van der Waals surface area contributed by atoms with Crippen molar-refractivity contribution < 1.29 is 4.79 Å². The largest absolute Gasteiger partial charge is 0.369 e. The van der Waals surface area contributed by atoms with Gasteiger partial charge >= 0.3 is 0 Å². The zero-order chi connectivity index (χ0) is 22.5. The van der Waals surface area contributed by atoms with Gasteiger partial charge in [0.2, 0.25) is 0 Å². The fourth-order valence-electron chi connectivity index (χ4n) is 4.56. The Morgan fingerprint density at radius 2 is 1.66 bits per heavy atom. The van der Waals surface area contributed by atoms with Gasteiger partial charge in [-0.05, 0) is 56.7 Å². The van der Waals surface area contributed by atoms with Crippen molar-refractivity contribution >= 4 is 17.4 Å². The summed E-state index contributed by atoms with van der Waals surface area (Å²) in [7, 11) is 0. The summed E-state index contributed by atoms with van der Waals surface area (Å²) in [5.41, 5.74) is 2.50. The van der Waals surface area contributed by atoms with E-state index in [9.17, 15) is 10.1 Å². The van der Waals surface area contributed by atoms with Crippen molar-refractivity contribution in [2.45, 2.75) is 26.3 Å². The van der Waals surface area contributed by atoms with Crippen LogP contribution >= 0.6 is 0 Å². The quantitative estimate of drug-likeness (QED) is 0.740. The molecule has 3 heterocycles. The van der Waals surface area contributed by atoms with Crippen LogP contribution in [0.25, 0.3) is 0 Å². The Morgan fingerprint density at radius 3 is 2.34 bits per heavy atom. The lowest BCUT2D eigenvalue weighted by molar-refractivity contribution is 0.0767. The number of nitriles is 1. The molecular weight excluding hydrogens is 400 g/mol. The number of carbonyl (C=O) groups is 1. The van der Waals surface area contributed by atoms with Crippen LogP contribution in [0.4, 0.5) is 11.5 Å². The molecule has 1 aromatic carbocycles. The number of carbonyl (C=O) groups excluding carboxylic acids is 1. The van der Waals surface area contributed by atoms with E-state index >= 15 is 0 Å². The van der Waals surface area contributed by atoms with E-state index < -0.39 is 0 Å². The van der Waals surface area contributed by atoms with E-state index in [0.29, 0.717) is 37.1 Å². The minimum absolute atomic E-state index is 0.0737. The van der Waals surface area contributed by atoms with Gasteiger partial charge in [0.1, 0.15) is 11.9 Å². The van der Waals surface area contributed by atoms with Gasteiger partial charge in [0.25, 0.3) is 5.91 Å². The summed E-state index contributed by atoms with van der Waals surface area (Å²) in [6.45, 7) is 11.5. The molecule has 168 valence electrons. The first kappa shape index (κ1) is 22.1. The number of benzene rings is 1. The third-order valence-corrected chi connectivity index (χ3v) is 6.51. The maximum atomic E-state index is 13.1. The Labute approximate surface area is 190 Å². The maximum Gasteiger partial charge on any atom is 0.253 e. The van der Waals surface area contributed by atoms with Crippen LogP contribution in [-0.4, -0.2) is 79.1 Å². The number of amides is 1. The second-order valence-corrected chi connectivity index (χ2v) is 8.78. The summed E-state index contributed by atoms with van der Waals surface area (Å²) in [6, 6.07) is 14.5. The van der Waals surface area contributed by atoms with Crippen LogP contribution in [0.15, 0.2) is 42.6 Å². The Kier molecular flexibility index (Phi) is 6.91. The monoisotopic (exact) mass is 432 g/mol. The Balaban J connectivity index is 1.37. The lowest BCUT2D eigenvalue weighted by Crippen LogP contribution is -2.48. The highest BCUT2D eigenvalue weighted by atomic mass is 16.2. The van der Waals surface area contributed by atoms with E-state index in [1.165, 1.54) is 5.69 Å². The van der Waals surface area contributed by atoms with Crippen LogP contribution in [0, 0.1) is 11.3 Å². The number of pyridine rings is 1. The number of anilines is 2. The van der Waals surface area contributed by atoms with Crippen LogP contribution in [0.1, 0.15) is 36.2 Å². The third-order valence-electron chi connectivity index (χ3n) is 6.51. The van der Waals surface area contributed by atoms with E-state index in [1.54, 1.807) is 18.3 Å². The van der Waals surface area contributed by atoms with Gasteiger partial charge in [0, 0.05) is 75.8 Å². The molecule has 0 bridgehead atoms. The van der Waals surface area contributed by atoms with Gasteiger partial charge in [0.05, 0.1) is 5.56 Å². The van der Waals surface area contributed by atoms with Crippen molar-refractivity contribution in [2.24, 2.45) is 0 Å². The average Bonchev–Trinajstić information content (AvgIpc) is 3.10. The second-order valence-electron chi connectivity index (χ2n) is 8.78. The average molecular weight is 433 g/mol. The summed E-state index contributed by atoms with van der Waals surface area (Å²) < 4.78 is 0. The highest BCUT2D eigenvalue weighted by Crippen LogP contribution is 2.21. The van der Waals surface area contributed by atoms with Gasteiger partial charge in [-0.25, -0.2) is 4.98 Å². The van der Waals surface area contributed by atoms with Gasteiger partial charge in [0.15, 0.2) is 0 Å². The summed E-state index contributed by atoms with van der Waals surface area (Å²) in [5, 5.41) is 9.38. The van der Waals surface area contributed by atoms with Crippen molar-refractivity contribution in [3.05, 3.63) is 53.7 Å². The molecule has 0 aliphatic carbocycles. The van der Waals surface area contributed by atoms with Crippen molar-refractivity contribution in [1.82, 2.24) is 14.8 Å². The van der Waals surface area contributed by atoms with E-state index in [2.05, 4.69) is 51.7 Å². The van der Waals surface area contributed by atoms with Crippen molar-refractivity contribution in [3.63, 3.8) is 0 Å². The zero-order valence-electron chi connectivity index (χ0n) is 19.1. The van der Waals surface area contributed by atoms with Gasteiger partial charge < -0.3 is 14.7 Å². The highest BCUT2D eigenvalue weighted by molar-refractivity contribution is 5.94. The standard InChI is InChI=1S/C25H32N6O/c1-20(2)28-13-15-29(16-14-28)23-8-6-21(7-9-23)25(32)31-12-4-11-30(17-18-31)24-22(19-26)5-3-10-27-24/h3,5-10,20H,4,11-18H2,1-2H3. The second kappa shape index (κ2) is 10.0. The molecule has 2 aliphatic rings. The van der Waals surface area contributed by atoms with Crippen molar-refractivity contribution in [3.8, 4) is 6.07 Å². The minimum Gasteiger partial charge on any atom is -0.369 e. The molecule has 7 heteroatoms. The van der Waals surface area contributed by atoms with Crippen LogP contribution in [-0.2, 0) is 0 Å². The molecule has 0 radical (unpaired) electrons. The minimum atomic E-state index is 0.0737. The van der Waals surface area contributed by atoms with Crippen LogP contribution in [0.2, 0.25) is 0 Å². The molecule has 0 unspecified atom stereocenters. The Hall–Kier alpha value is -3.11. The number of hydrogen-bond donors (Lipinski definition) is 0. The van der Waals surface area contributed by atoms with E-state index in [1.807, 2.05) is 17.0 Å². The molecule has 7 nitrogen and oxygen atoms in total. The lowest BCUT2D eigenvalue weighted by Gasteiger charge is -2.38. The fourth-order valence-corrected chi connectivity index (χ4v) is 4.56. The van der Waals surface area contributed by atoms with Crippen LogP contribution in [0.5, 0.6) is 0 Å². The molecule has 1 aromatic heterocycles. The molecule has 32 heavy (non-hydrogen) atoms. The number of rotatable bonds is 4. The van der Waals surface area contributed by atoms with Gasteiger partial charge in [-0.3, -0.25) is 9.69 Å². The highest BCUT2D eigenvalue weighted by Gasteiger charge is 2.23. The molecule has 2 saturated heterocycles. The zero-order valence-corrected chi connectivity index (χ0v) is 19.1. The summed E-state index contributed by atoms with van der Waals surface area (Å²) in [5.74, 6) is 0.788. The normalized spacial score (nSPS) is 17.9. The molecule has 2 aliphatic heterocycles. The molecule has 0 spiro atoms. The Morgan fingerprint density at radius 1 is 0.938 bits per heavy atom. The van der Waals surface area contributed by atoms with E-state index in [-0.39, 0.29) is 5.91 Å². The fraction of sp³-hybridized carbons (Fsp3) is 0.480. The third kappa shape index (κ3) is 4.86. The number of piperazine rings is 1. The van der Waals surface area contributed by atoms with Gasteiger partial charge in [-0.2, -0.15) is 5.26 Å². The van der Waals surface area contributed by atoms with Crippen molar-refractivity contribution in [2.75, 3.05) is 62.2 Å². The number of nitrogens with zero attached hydrogens (tertiary/aromatic N) is 6. The van der Waals surface area contributed by atoms with Crippen LogP contribution in [0.3, 0.4) is 0 Å². The smallest absolute Gasteiger partial charge is 0.253 e. The molecule has 1 amide bonds. The van der Waals surface area contributed by atoms with E-state index in [4.69, 9.17) is 0 Å². The molecule has 0 atom stereocenters.